The van der Waals surface area contributed by atoms with E-state index in [0.29, 0.717) is 41.0 Å². The summed E-state index contributed by atoms with van der Waals surface area (Å²) in [5.41, 5.74) is 1.09. The monoisotopic (exact) mass is 358 g/mol. The molecular formula is C19H22N2O5. The van der Waals surface area contributed by atoms with Gasteiger partial charge < -0.3 is 24.7 Å². The molecule has 1 unspecified atom stereocenters. The summed E-state index contributed by atoms with van der Waals surface area (Å²) in [4.78, 5) is 12.5. The van der Waals surface area contributed by atoms with Crippen molar-refractivity contribution >= 4 is 5.91 Å². The lowest BCUT2D eigenvalue weighted by atomic mass is 10.1. The number of carbonyl (C=O) groups excluding carboxylic acids is 1. The number of amides is 1. The Hall–Kier alpha value is -2.96. The molecule has 2 heterocycles. The second-order valence-electron chi connectivity index (χ2n) is 6.28. The molecule has 138 valence electrons. The number of benzene rings is 1. The maximum absolute atomic E-state index is 12.5. The maximum atomic E-state index is 12.5. The zero-order valence-corrected chi connectivity index (χ0v) is 14.9. The predicted octanol–water partition coefficient (Wildman–Crippen LogP) is 2.40. The molecule has 0 bridgehead atoms. The second-order valence-corrected chi connectivity index (χ2v) is 6.28. The van der Waals surface area contributed by atoms with E-state index in [2.05, 4.69) is 19.2 Å². The van der Waals surface area contributed by atoms with Gasteiger partial charge in [-0.05, 0) is 23.6 Å². The SMILES string of the molecule is CCC(C)COc1cc[n+]([O-])cc1C(=O)NCc1ccc2c(c1)OCO2. The van der Waals surface area contributed by atoms with E-state index in [1.54, 1.807) is 6.07 Å². The summed E-state index contributed by atoms with van der Waals surface area (Å²) in [6.07, 6.45) is 3.52. The summed E-state index contributed by atoms with van der Waals surface area (Å²) in [6, 6.07) is 7.00. The molecule has 1 aliphatic rings. The lowest BCUT2D eigenvalue weighted by Gasteiger charge is -2.14. The molecule has 0 radical (unpaired) electrons. The highest BCUT2D eigenvalue weighted by molar-refractivity contribution is 5.96. The van der Waals surface area contributed by atoms with Gasteiger partial charge in [0.2, 0.25) is 6.79 Å². The number of ether oxygens (including phenoxy) is 3. The number of hydrogen-bond donors (Lipinski definition) is 1. The number of aromatic nitrogens is 1. The number of nitrogens with one attached hydrogen (secondary N) is 1. The number of pyridine rings is 1. The minimum atomic E-state index is -0.369. The Bertz CT molecular complexity index is 793. The molecule has 1 aliphatic heterocycles. The van der Waals surface area contributed by atoms with E-state index in [1.165, 1.54) is 18.5 Å². The van der Waals surface area contributed by atoms with Crippen molar-refractivity contribution in [2.24, 2.45) is 5.92 Å². The van der Waals surface area contributed by atoms with Gasteiger partial charge >= 0.3 is 0 Å². The average Bonchev–Trinajstić information content (AvgIpc) is 3.12. The summed E-state index contributed by atoms with van der Waals surface area (Å²) in [5.74, 6) is 1.74. The van der Waals surface area contributed by atoms with Gasteiger partial charge in [-0.15, -0.1) is 0 Å². The summed E-state index contributed by atoms with van der Waals surface area (Å²) in [7, 11) is 0. The van der Waals surface area contributed by atoms with Crippen LogP contribution in [0.25, 0.3) is 0 Å². The number of nitrogens with zero attached hydrogens (tertiary/aromatic N) is 1. The largest absolute Gasteiger partial charge is 0.619 e. The van der Waals surface area contributed by atoms with Crippen molar-refractivity contribution in [2.75, 3.05) is 13.4 Å². The van der Waals surface area contributed by atoms with Crippen molar-refractivity contribution < 1.29 is 23.7 Å². The van der Waals surface area contributed by atoms with Crippen molar-refractivity contribution in [3.8, 4) is 17.2 Å². The van der Waals surface area contributed by atoms with Gasteiger partial charge in [0.05, 0.1) is 6.61 Å². The van der Waals surface area contributed by atoms with Crippen LogP contribution in [0.1, 0.15) is 36.2 Å². The van der Waals surface area contributed by atoms with E-state index < -0.39 is 0 Å². The number of hydrogen-bond acceptors (Lipinski definition) is 5. The first-order chi connectivity index (χ1) is 12.6. The Morgan fingerprint density at radius 2 is 2.15 bits per heavy atom. The molecule has 1 aromatic carbocycles. The van der Waals surface area contributed by atoms with Gasteiger partial charge in [-0.1, -0.05) is 26.3 Å². The molecule has 0 fully saturated rings. The highest BCUT2D eigenvalue weighted by Crippen LogP contribution is 2.32. The van der Waals surface area contributed by atoms with Crippen LogP contribution in [0.5, 0.6) is 17.2 Å². The number of rotatable bonds is 7. The molecule has 3 rings (SSSR count). The third-order valence-corrected chi connectivity index (χ3v) is 4.25. The van der Waals surface area contributed by atoms with Gasteiger partial charge in [0.25, 0.3) is 5.91 Å². The molecule has 0 saturated heterocycles. The highest BCUT2D eigenvalue weighted by atomic mass is 16.7. The molecule has 1 amide bonds. The van der Waals surface area contributed by atoms with Gasteiger partial charge in [-0.3, -0.25) is 4.79 Å². The molecule has 1 atom stereocenters. The minimum Gasteiger partial charge on any atom is -0.619 e. The molecule has 26 heavy (non-hydrogen) atoms. The Kier molecular flexibility index (Phi) is 5.46. The topological polar surface area (TPSA) is 83.7 Å². The standard InChI is InChI=1S/C19H22N2O5/c1-3-13(2)11-24-16-6-7-21(23)10-15(16)19(22)20-9-14-4-5-17-18(8-14)26-12-25-17/h4-8,10,13H,3,9,11-12H2,1-2H3,(H,20,22). The van der Waals surface area contributed by atoms with Crippen molar-refractivity contribution in [3.63, 3.8) is 0 Å². The Labute approximate surface area is 152 Å². The fourth-order valence-electron chi connectivity index (χ4n) is 2.44. The lowest BCUT2D eigenvalue weighted by molar-refractivity contribution is -0.605. The number of fused-ring (bicyclic) bond motifs is 1. The van der Waals surface area contributed by atoms with Crippen molar-refractivity contribution in [2.45, 2.75) is 26.8 Å². The summed E-state index contributed by atoms with van der Waals surface area (Å²) < 4.78 is 16.9. The van der Waals surface area contributed by atoms with Gasteiger partial charge in [0.1, 0.15) is 11.3 Å². The summed E-state index contributed by atoms with van der Waals surface area (Å²) in [5, 5.41) is 14.4. The fourth-order valence-corrected chi connectivity index (χ4v) is 2.44. The van der Waals surface area contributed by atoms with Crippen molar-refractivity contribution in [1.82, 2.24) is 5.32 Å². The van der Waals surface area contributed by atoms with E-state index >= 15 is 0 Å². The molecule has 0 saturated carbocycles. The van der Waals surface area contributed by atoms with Crippen LogP contribution in [0, 0.1) is 11.1 Å². The normalized spacial score (nSPS) is 13.3. The first-order valence-corrected chi connectivity index (χ1v) is 8.59. The van der Waals surface area contributed by atoms with Crippen LogP contribution in [0.4, 0.5) is 0 Å². The number of carbonyl (C=O) groups is 1. The van der Waals surface area contributed by atoms with E-state index in [9.17, 15) is 10.0 Å². The quantitative estimate of drug-likeness (QED) is 0.607. The van der Waals surface area contributed by atoms with Crippen molar-refractivity contribution in [3.05, 3.63) is 53.0 Å². The Morgan fingerprint density at radius 3 is 2.96 bits per heavy atom. The van der Waals surface area contributed by atoms with Gasteiger partial charge in [-0.2, -0.15) is 4.73 Å². The minimum absolute atomic E-state index is 0.204. The molecule has 0 aliphatic carbocycles. The Balaban J connectivity index is 1.67. The van der Waals surface area contributed by atoms with Gasteiger partial charge in [-0.25, -0.2) is 0 Å². The van der Waals surface area contributed by atoms with Crippen LogP contribution in [-0.2, 0) is 6.54 Å². The molecule has 2 aromatic rings. The zero-order chi connectivity index (χ0) is 18.5. The van der Waals surface area contributed by atoms with Crippen LogP contribution in [0.3, 0.4) is 0 Å². The average molecular weight is 358 g/mol. The molecule has 1 N–H and O–H groups in total. The van der Waals surface area contributed by atoms with Gasteiger partial charge in [0, 0.05) is 12.6 Å². The van der Waals surface area contributed by atoms with Crippen LogP contribution < -0.4 is 24.3 Å². The molecule has 1 aromatic heterocycles. The van der Waals surface area contributed by atoms with Crippen LogP contribution in [0.2, 0.25) is 0 Å². The van der Waals surface area contributed by atoms with Crippen LogP contribution in [0.15, 0.2) is 36.7 Å². The summed E-state index contributed by atoms with van der Waals surface area (Å²) in [6.45, 7) is 5.13. The van der Waals surface area contributed by atoms with Crippen LogP contribution in [-0.4, -0.2) is 19.3 Å². The molecule has 7 heteroatoms. The van der Waals surface area contributed by atoms with E-state index in [0.717, 1.165) is 12.0 Å². The second kappa shape index (κ2) is 7.95. The van der Waals surface area contributed by atoms with E-state index in [4.69, 9.17) is 14.2 Å². The lowest BCUT2D eigenvalue weighted by Crippen LogP contribution is -2.30. The van der Waals surface area contributed by atoms with Gasteiger partial charge in [0.15, 0.2) is 23.9 Å². The zero-order valence-electron chi connectivity index (χ0n) is 14.9. The molecule has 7 nitrogen and oxygen atoms in total. The molecular weight excluding hydrogens is 336 g/mol. The van der Waals surface area contributed by atoms with E-state index in [-0.39, 0.29) is 18.3 Å². The van der Waals surface area contributed by atoms with E-state index in [1.807, 2.05) is 12.1 Å². The van der Waals surface area contributed by atoms with Crippen molar-refractivity contribution in [1.29, 1.82) is 0 Å². The molecule has 0 spiro atoms. The Morgan fingerprint density at radius 1 is 1.35 bits per heavy atom. The first kappa shape index (κ1) is 17.8. The maximum Gasteiger partial charge on any atom is 0.261 e. The predicted molar refractivity (Wildman–Crippen MR) is 94.1 cm³/mol. The third kappa shape index (κ3) is 4.17. The summed E-state index contributed by atoms with van der Waals surface area (Å²) >= 11 is 0. The first-order valence-electron chi connectivity index (χ1n) is 8.59. The third-order valence-electron chi connectivity index (χ3n) is 4.25. The smallest absolute Gasteiger partial charge is 0.261 e. The highest BCUT2D eigenvalue weighted by Gasteiger charge is 2.18. The fraction of sp³-hybridized carbons (Fsp3) is 0.368. The van der Waals surface area contributed by atoms with Crippen LogP contribution >= 0.6 is 0 Å².